The Morgan fingerprint density at radius 2 is 1.84 bits per heavy atom. The number of rotatable bonds is 6. The van der Waals surface area contributed by atoms with Crippen molar-refractivity contribution >= 4 is 23.5 Å². The van der Waals surface area contributed by atoms with Crippen LogP contribution in [0.2, 0.25) is 0 Å². The lowest BCUT2D eigenvalue weighted by atomic mass is 10.2. The highest BCUT2D eigenvalue weighted by molar-refractivity contribution is 8.00. The number of hydrogen-bond donors (Lipinski definition) is 0. The normalized spacial score (nSPS) is 11.2. The number of hydrogen-bond acceptors (Lipinski definition) is 4. The summed E-state index contributed by atoms with van der Waals surface area (Å²) in [6.45, 7) is 3.11. The average molecular weight is 288 g/mol. The van der Waals surface area contributed by atoms with E-state index in [1.165, 1.54) is 6.92 Å². The third kappa shape index (κ3) is 4.31. The quantitative estimate of drug-likeness (QED) is 0.458. The summed E-state index contributed by atoms with van der Waals surface area (Å²) in [5, 5.41) is 0. The SMILES string of the molecule is CCOC(=O)C(F)(F)C(=O)CSc1ccc(C)cc1. The van der Waals surface area contributed by atoms with Gasteiger partial charge in [-0.1, -0.05) is 17.7 Å². The van der Waals surface area contributed by atoms with E-state index in [-0.39, 0.29) is 6.61 Å². The Balaban J connectivity index is 2.59. The minimum Gasteiger partial charge on any atom is -0.461 e. The van der Waals surface area contributed by atoms with Crippen LogP contribution in [-0.2, 0) is 14.3 Å². The number of thioether (sulfide) groups is 1. The molecule has 0 aliphatic heterocycles. The molecule has 0 fully saturated rings. The van der Waals surface area contributed by atoms with Gasteiger partial charge in [0.05, 0.1) is 12.4 Å². The van der Waals surface area contributed by atoms with E-state index >= 15 is 0 Å². The van der Waals surface area contributed by atoms with Gasteiger partial charge in [-0.15, -0.1) is 11.8 Å². The van der Waals surface area contributed by atoms with E-state index in [1.807, 2.05) is 19.1 Å². The molecule has 0 N–H and O–H groups in total. The van der Waals surface area contributed by atoms with Crippen molar-refractivity contribution in [3.63, 3.8) is 0 Å². The van der Waals surface area contributed by atoms with Crippen LogP contribution in [0.15, 0.2) is 29.2 Å². The fourth-order valence-electron chi connectivity index (χ4n) is 1.21. The van der Waals surface area contributed by atoms with Crippen LogP contribution in [0.25, 0.3) is 0 Å². The molecule has 1 aromatic carbocycles. The number of ketones is 1. The van der Waals surface area contributed by atoms with Crippen LogP contribution in [0.3, 0.4) is 0 Å². The van der Waals surface area contributed by atoms with Gasteiger partial charge in [-0.3, -0.25) is 4.79 Å². The smallest absolute Gasteiger partial charge is 0.400 e. The van der Waals surface area contributed by atoms with Crippen LogP contribution in [0, 0.1) is 6.92 Å². The fraction of sp³-hybridized carbons (Fsp3) is 0.385. The lowest BCUT2D eigenvalue weighted by molar-refractivity contribution is -0.175. The maximum absolute atomic E-state index is 13.3. The summed E-state index contributed by atoms with van der Waals surface area (Å²) >= 11 is 0.962. The van der Waals surface area contributed by atoms with E-state index < -0.39 is 23.4 Å². The van der Waals surface area contributed by atoms with Gasteiger partial charge in [-0.05, 0) is 26.0 Å². The first kappa shape index (κ1) is 15.6. The number of benzene rings is 1. The van der Waals surface area contributed by atoms with E-state index in [2.05, 4.69) is 4.74 Å². The molecule has 1 rings (SSSR count). The van der Waals surface area contributed by atoms with E-state index in [1.54, 1.807) is 12.1 Å². The zero-order chi connectivity index (χ0) is 14.5. The molecule has 0 bridgehead atoms. The molecule has 0 spiro atoms. The van der Waals surface area contributed by atoms with Crippen LogP contribution >= 0.6 is 11.8 Å². The number of Topliss-reactive ketones (excluding diaryl/α,β-unsaturated/α-hetero) is 1. The molecule has 6 heteroatoms. The molecule has 0 aromatic heterocycles. The molecule has 0 aliphatic carbocycles. The minimum atomic E-state index is -4.08. The lowest BCUT2D eigenvalue weighted by Crippen LogP contribution is -2.40. The minimum absolute atomic E-state index is 0.188. The molecule has 104 valence electrons. The van der Waals surface area contributed by atoms with Gasteiger partial charge in [0.2, 0.25) is 5.78 Å². The molecule has 0 saturated heterocycles. The van der Waals surface area contributed by atoms with Crippen LogP contribution in [-0.4, -0.2) is 30.0 Å². The number of ether oxygens (including phenoxy) is 1. The molecule has 1 aromatic rings. The first-order valence-electron chi connectivity index (χ1n) is 5.65. The van der Waals surface area contributed by atoms with Gasteiger partial charge >= 0.3 is 11.9 Å². The second kappa shape index (κ2) is 6.65. The van der Waals surface area contributed by atoms with Crippen molar-refractivity contribution < 1.29 is 23.1 Å². The summed E-state index contributed by atoms with van der Waals surface area (Å²) in [6, 6.07) is 7.10. The van der Waals surface area contributed by atoms with Crippen molar-refractivity contribution in [3.05, 3.63) is 29.8 Å². The van der Waals surface area contributed by atoms with Crippen molar-refractivity contribution in [2.24, 2.45) is 0 Å². The molecule has 0 radical (unpaired) electrons. The highest BCUT2D eigenvalue weighted by atomic mass is 32.2. The van der Waals surface area contributed by atoms with Gasteiger partial charge < -0.3 is 4.74 Å². The molecule has 0 saturated carbocycles. The molecule has 0 unspecified atom stereocenters. The molecule has 3 nitrogen and oxygen atoms in total. The second-order valence-corrected chi connectivity index (χ2v) is 4.87. The first-order valence-corrected chi connectivity index (χ1v) is 6.64. The predicted octanol–water partition coefficient (Wildman–Crippen LogP) is 2.85. The van der Waals surface area contributed by atoms with E-state index in [0.29, 0.717) is 4.90 Å². The van der Waals surface area contributed by atoms with Crippen molar-refractivity contribution in [3.8, 4) is 0 Å². The Labute approximate surface area is 114 Å². The highest BCUT2D eigenvalue weighted by Crippen LogP contribution is 2.24. The molecule has 0 amide bonds. The summed E-state index contributed by atoms with van der Waals surface area (Å²) in [5.41, 5.74) is 1.03. The van der Waals surface area contributed by atoms with Gasteiger partial charge in [-0.25, -0.2) is 4.79 Å². The van der Waals surface area contributed by atoms with Crippen molar-refractivity contribution in [1.29, 1.82) is 0 Å². The topological polar surface area (TPSA) is 43.4 Å². The standard InChI is InChI=1S/C13H14F2O3S/c1-3-18-12(17)13(14,15)11(16)8-19-10-6-4-9(2)5-7-10/h4-7H,3,8H2,1-2H3. The van der Waals surface area contributed by atoms with Gasteiger partial charge in [0.1, 0.15) is 0 Å². The van der Waals surface area contributed by atoms with E-state index in [4.69, 9.17) is 0 Å². The molecule has 0 atom stereocenters. The average Bonchev–Trinajstić information content (AvgIpc) is 2.37. The maximum Gasteiger partial charge on any atom is 0.400 e. The lowest BCUT2D eigenvalue weighted by Gasteiger charge is -2.12. The van der Waals surface area contributed by atoms with Crippen molar-refractivity contribution in [1.82, 2.24) is 0 Å². The largest absolute Gasteiger partial charge is 0.461 e. The third-order valence-corrected chi connectivity index (χ3v) is 3.28. The van der Waals surface area contributed by atoms with Gasteiger partial charge in [0, 0.05) is 4.90 Å². The molecule has 19 heavy (non-hydrogen) atoms. The van der Waals surface area contributed by atoms with Crippen LogP contribution < -0.4 is 0 Å². The highest BCUT2D eigenvalue weighted by Gasteiger charge is 2.48. The maximum atomic E-state index is 13.3. The Bertz CT molecular complexity index is 457. The Morgan fingerprint density at radius 3 is 2.37 bits per heavy atom. The molecular weight excluding hydrogens is 274 g/mol. The van der Waals surface area contributed by atoms with Crippen molar-refractivity contribution in [2.45, 2.75) is 24.7 Å². The Morgan fingerprint density at radius 1 is 1.26 bits per heavy atom. The molecular formula is C13H14F2O3S. The Hall–Kier alpha value is -1.43. The third-order valence-electron chi connectivity index (χ3n) is 2.27. The Kier molecular flexibility index (Phi) is 5.47. The molecule has 0 heterocycles. The number of halogens is 2. The number of aryl methyl sites for hydroxylation is 1. The molecule has 0 aliphatic rings. The fourth-order valence-corrected chi connectivity index (χ4v) is 2.02. The van der Waals surface area contributed by atoms with Crippen LogP contribution in [0.1, 0.15) is 12.5 Å². The van der Waals surface area contributed by atoms with Crippen LogP contribution in [0.4, 0.5) is 8.78 Å². The van der Waals surface area contributed by atoms with Gasteiger partial charge in [0.25, 0.3) is 0 Å². The number of alkyl halides is 2. The predicted molar refractivity (Wildman–Crippen MR) is 68.5 cm³/mol. The first-order chi connectivity index (χ1) is 8.87. The summed E-state index contributed by atoms with van der Waals surface area (Å²) in [4.78, 5) is 23.0. The zero-order valence-corrected chi connectivity index (χ0v) is 11.4. The number of esters is 1. The van der Waals surface area contributed by atoms with Crippen molar-refractivity contribution in [2.75, 3.05) is 12.4 Å². The van der Waals surface area contributed by atoms with Gasteiger partial charge in [-0.2, -0.15) is 8.78 Å². The van der Waals surface area contributed by atoms with Gasteiger partial charge in [0.15, 0.2) is 0 Å². The summed E-state index contributed by atoms with van der Waals surface area (Å²) in [7, 11) is 0. The van der Waals surface area contributed by atoms with E-state index in [9.17, 15) is 18.4 Å². The monoisotopic (exact) mass is 288 g/mol. The summed E-state index contributed by atoms with van der Waals surface area (Å²) < 4.78 is 30.8. The summed E-state index contributed by atoms with van der Waals surface area (Å²) in [5.74, 6) is -7.79. The number of carbonyl (C=O) groups is 2. The summed E-state index contributed by atoms with van der Waals surface area (Å²) in [6.07, 6.45) is 0. The van der Waals surface area contributed by atoms with E-state index in [0.717, 1.165) is 17.3 Å². The zero-order valence-electron chi connectivity index (χ0n) is 10.6. The second-order valence-electron chi connectivity index (χ2n) is 3.82. The van der Waals surface area contributed by atoms with Crippen LogP contribution in [0.5, 0.6) is 0 Å². The number of carbonyl (C=O) groups excluding carboxylic acids is 2.